The summed E-state index contributed by atoms with van der Waals surface area (Å²) in [4.78, 5) is 5.53. The normalized spacial score (nSPS) is 11.2. The number of halogens is 1. The lowest BCUT2D eigenvalue weighted by atomic mass is 10.2. The highest BCUT2D eigenvalue weighted by atomic mass is 79.9. The van der Waals surface area contributed by atoms with Crippen molar-refractivity contribution < 1.29 is 4.74 Å². The highest BCUT2D eigenvalue weighted by Gasteiger charge is 2.15. The molecule has 110 valence electrons. The number of aryl methyl sites for hydroxylation is 1. The third kappa shape index (κ3) is 2.97. The Bertz CT molecular complexity index is 765. The molecule has 0 aliphatic carbocycles. The van der Waals surface area contributed by atoms with Crippen molar-refractivity contribution in [2.75, 3.05) is 6.54 Å². The molecule has 21 heavy (non-hydrogen) atoms. The van der Waals surface area contributed by atoms with Crippen LogP contribution in [-0.2, 0) is 6.54 Å². The van der Waals surface area contributed by atoms with E-state index in [0.29, 0.717) is 5.88 Å². The average Bonchev–Trinajstić information content (AvgIpc) is 3.01. The first kappa shape index (κ1) is 14.6. The molecule has 0 saturated carbocycles. The topological polar surface area (TPSA) is 38.6 Å². The van der Waals surface area contributed by atoms with Gasteiger partial charge in [-0.1, -0.05) is 13.0 Å². The number of hydrogen-bond donors (Lipinski definition) is 1. The third-order valence-electron chi connectivity index (χ3n) is 3.16. The SMILES string of the molecule is CCNCc1c(Oc2ccc(C)cc2Br)nc2sccn12. The van der Waals surface area contributed by atoms with Crippen molar-refractivity contribution in [3.63, 3.8) is 0 Å². The van der Waals surface area contributed by atoms with Crippen molar-refractivity contribution in [2.45, 2.75) is 20.4 Å². The van der Waals surface area contributed by atoms with Gasteiger partial charge >= 0.3 is 0 Å². The van der Waals surface area contributed by atoms with E-state index in [4.69, 9.17) is 4.74 Å². The summed E-state index contributed by atoms with van der Waals surface area (Å²) in [6.07, 6.45) is 2.02. The summed E-state index contributed by atoms with van der Waals surface area (Å²) < 4.78 is 9.04. The quantitative estimate of drug-likeness (QED) is 0.729. The number of fused-ring (bicyclic) bond motifs is 1. The van der Waals surface area contributed by atoms with E-state index in [-0.39, 0.29) is 0 Å². The van der Waals surface area contributed by atoms with E-state index in [1.54, 1.807) is 11.3 Å². The monoisotopic (exact) mass is 365 g/mol. The molecule has 6 heteroatoms. The fourth-order valence-corrected chi connectivity index (χ4v) is 3.39. The van der Waals surface area contributed by atoms with E-state index in [2.05, 4.69) is 44.5 Å². The van der Waals surface area contributed by atoms with Crippen LogP contribution in [0.25, 0.3) is 4.96 Å². The lowest BCUT2D eigenvalue weighted by Gasteiger charge is -2.08. The van der Waals surface area contributed by atoms with Crippen LogP contribution in [0.15, 0.2) is 34.2 Å². The molecule has 4 nitrogen and oxygen atoms in total. The van der Waals surface area contributed by atoms with Crippen LogP contribution < -0.4 is 10.1 Å². The van der Waals surface area contributed by atoms with Gasteiger partial charge in [-0.15, -0.1) is 11.3 Å². The molecule has 0 bridgehead atoms. The molecule has 3 aromatic rings. The van der Waals surface area contributed by atoms with Crippen LogP contribution >= 0.6 is 27.3 Å². The molecule has 3 rings (SSSR count). The van der Waals surface area contributed by atoms with Crippen LogP contribution in [0, 0.1) is 6.92 Å². The number of thiazole rings is 1. The Hall–Kier alpha value is -1.37. The van der Waals surface area contributed by atoms with E-state index in [9.17, 15) is 0 Å². The van der Waals surface area contributed by atoms with Crippen LogP contribution in [0.4, 0.5) is 0 Å². The second-order valence-electron chi connectivity index (χ2n) is 4.74. The third-order valence-corrected chi connectivity index (χ3v) is 4.54. The summed E-state index contributed by atoms with van der Waals surface area (Å²) >= 11 is 5.15. The first-order valence-corrected chi connectivity index (χ1v) is 8.45. The van der Waals surface area contributed by atoms with E-state index in [0.717, 1.165) is 34.0 Å². The van der Waals surface area contributed by atoms with Gasteiger partial charge < -0.3 is 10.1 Å². The van der Waals surface area contributed by atoms with Crippen LogP contribution in [-0.4, -0.2) is 15.9 Å². The van der Waals surface area contributed by atoms with Crippen molar-refractivity contribution in [1.29, 1.82) is 0 Å². The summed E-state index contributed by atoms with van der Waals surface area (Å²) in [7, 11) is 0. The van der Waals surface area contributed by atoms with Gasteiger partial charge in [0.05, 0.1) is 4.47 Å². The highest BCUT2D eigenvalue weighted by Crippen LogP contribution is 2.33. The first-order chi connectivity index (χ1) is 10.2. The molecule has 1 N–H and O–H groups in total. The Labute approximate surface area is 135 Å². The van der Waals surface area contributed by atoms with Gasteiger partial charge in [0.2, 0.25) is 5.88 Å². The predicted octanol–water partition coefficient (Wildman–Crippen LogP) is 4.37. The molecular formula is C15H16BrN3OS. The molecule has 2 aromatic heterocycles. The Morgan fingerprint density at radius 2 is 2.29 bits per heavy atom. The highest BCUT2D eigenvalue weighted by molar-refractivity contribution is 9.10. The number of nitrogens with one attached hydrogen (secondary N) is 1. The smallest absolute Gasteiger partial charge is 0.243 e. The Morgan fingerprint density at radius 3 is 3.05 bits per heavy atom. The van der Waals surface area contributed by atoms with Crippen LogP contribution in [0.2, 0.25) is 0 Å². The van der Waals surface area contributed by atoms with Gasteiger partial charge in [-0.25, -0.2) is 0 Å². The zero-order chi connectivity index (χ0) is 14.8. The lowest BCUT2D eigenvalue weighted by molar-refractivity contribution is 0.453. The predicted molar refractivity (Wildman–Crippen MR) is 89.4 cm³/mol. The van der Waals surface area contributed by atoms with E-state index < -0.39 is 0 Å². The number of aromatic nitrogens is 2. The zero-order valence-electron chi connectivity index (χ0n) is 11.9. The molecule has 0 aliphatic heterocycles. The molecule has 2 heterocycles. The number of rotatable bonds is 5. The van der Waals surface area contributed by atoms with Crippen molar-refractivity contribution in [2.24, 2.45) is 0 Å². The summed E-state index contributed by atoms with van der Waals surface area (Å²) in [6.45, 7) is 5.78. The number of ether oxygens (including phenoxy) is 1. The fraction of sp³-hybridized carbons (Fsp3) is 0.267. The molecule has 0 spiro atoms. The van der Waals surface area contributed by atoms with Gasteiger partial charge in [-0.3, -0.25) is 4.40 Å². The van der Waals surface area contributed by atoms with Crippen molar-refractivity contribution in [3.05, 3.63) is 45.5 Å². The maximum Gasteiger partial charge on any atom is 0.243 e. The minimum atomic E-state index is 0.660. The van der Waals surface area contributed by atoms with E-state index >= 15 is 0 Å². The van der Waals surface area contributed by atoms with E-state index in [1.165, 1.54) is 5.56 Å². The fourth-order valence-electron chi connectivity index (χ4n) is 2.09. The first-order valence-electron chi connectivity index (χ1n) is 6.78. The molecule has 0 saturated heterocycles. The van der Waals surface area contributed by atoms with Crippen molar-refractivity contribution in [3.8, 4) is 11.6 Å². The van der Waals surface area contributed by atoms with Gasteiger partial charge in [0.15, 0.2) is 4.96 Å². The van der Waals surface area contributed by atoms with Crippen molar-refractivity contribution in [1.82, 2.24) is 14.7 Å². The van der Waals surface area contributed by atoms with Gasteiger partial charge in [-0.05, 0) is 47.1 Å². The standard InChI is InChI=1S/C15H16BrN3OS/c1-3-17-9-12-14(18-15-19(12)6-7-21-15)20-13-5-4-10(2)8-11(13)16/h4-8,17H,3,9H2,1-2H3. The molecule has 0 atom stereocenters. The second-order valence-corrected chi connectivity index (χ2v) is 6.46. The maximum atomic E-state index is 6.02. The van der Waals surface area contributed by atoms with Gasteiger partial charge in [0.25, 0.3) is 0 Å². The van der Waals surface area contributed by atoms with Gasteiger partial charge in [0, 0.05) is 18.1 Å². The summed E-state index contributed by atoms with van der Waals surface area (Å²) in [5, 5.41) is 5.37. The largest absolute Gasteiger partial charge is 0.436 e. The Balaban J connectivity index is 1.97. The van der Waals surface area contributed by atoms with Crippen LogP contribution in [0.1, 0.15) is 18.2 Å². The van der Waals surface area contributed by atoms with Crippen molar-refractivity contribution >= 4 is 32.2 Å². The molecule has 0 amide bonds. The summed E-state index contributed by atoms with van der Waals surface area (Å²) in [5.41, 5.74) is 2.23. The van der Waals surface area contributed by atoms with E-state index in [1.807, 2.05) is 29.8 Å². The number of hydrogen-bond acceptors (Lipinski definition) is 4. The molecule has 0 fully saturated rings. The summed E-state index contributed by atoms with van der Waals surface area (Å²) in [6, 6.07) is 6.03. The number of benzene rings is 1. The number of nitrogens with zero attached hydrogens (tertiary/aromatic N) is 2. The molecular weight excluding hydrogens is 350 g/mol. The minimum Gasteiger partial charge on any atom is -0.436 e. The van der Waals surface area contributed by atoms with Crippen LogP contribution in [0.5, 0.6) is 11.6 Å². The summed E-state index contributed by atoms with van der Waals surface area (Å²) in [5.74, 6) is 1.44. The molecule has 0 aliphatic rings. The minimum absolute atomic E-state index is 0.660. The zero-order valence-corrected chi connectivity index (χ0v) is 14.3. The lowest BCUT2D eigenvalue weighted by Crippen LogP contribution is -2.13. The van der Waals surface area contributed by atoms with Gasteiger partial charge in [-0.2, -0.15) is 4.98 Å². The second kappa shape index (κ2) is 6.17. The Kier molecular flexibility index (Phi) is 4.28. The molecule has 1 aromatic carbocycles. The molecule has 0 unspecified atom stereocenters. The maximum absolute atomic E-state index is 6.02. The average molecular weight is 366 g/mol. The Morgan fingerprint density at radius 1 is 1.43 bits per heavy atom. The van der Waals surface area contributed by atoms with Gasteiger partial charge in [0.1, 0.15) is 11.4 Å². The van der Waals surface area contributed by atoms with Crippen LogP contribution in [0.3, 0.4) is 0 Å². The molecule has 0 radical (unpaired) electrons. The number of imidazole rings is 1.